The number of rotatable bonds is 5. The Labute approximate surface area is 94.3 Å². The lowest BCUT2D eigenvalue weighted by Crippen LogP contribution is -2.22. The van der Waals surface area contributed by atoms with Crippen LogP contribution in [0.5, 0.6) is 0 Å². The molecule has 1 rings (SSSR count). The first-order valence-electron chi connectivity index (χ1n) is 4.72. The van der Waals surface area contributed by atoms with Crippen molar-refractivity contribution in [3.8, 4) is 0 Å². The standard InChI is InChI=1S/C10H13NO4S/c11-6-7-16(13,14)15-10(12)8-9-4-2-1-3-5-9/h1-5H,6-8,11H2. The molecule has 0 aliphatic carbocycles. The predicted molar refractivity (Wildman–Crippen MR) is 59.1 cm³/mol. The molecule has 0 aliphatic heterocycles. The second-order valence-electron chi connectivity index (χ2n) is 3.17. The maximum atomic E-state index is 11.3. The van der Waals surface area contributed by atoms with Gasteiger partial charge in [0.25, 0.3) is 0 Å². The van der Waals surface area contributed by atoms with Gasteiger partial charge in [-0.15, -0.1) is 0 Å². The second kappa shape index (κ2) is 5.62. The second-order valence-corrected chi connectivity index (χ2v) is 4.86. The van der Waals surface area contributed by atoms with Crippen molar-refractivity contribution in [3.05, 3.63) is 35.9 Å². The maximum Gasteiger partial charge on any atom is 0.326 e. The first kappa shape index (κ1) is 12.7. The Hall–Kier alpha value is -1.40. The molecule has 0 spiro atoms. The van der Waals surface area contributed by atoms with Gasteiger partial charge in [-0.2, -0.15) is 8.42 Å². The molecule has 0 amide bonds. The number of nitrogens with two attached hydrogens (primary N) is 1. The van der Waals surface area contributed by atoms with Gasteiger partial charge in [-0.25, -0.2) is 0 Å². The van der Waals surface area contributed by atoms with E-state index >= 15 is 0 Å². The van der Waals surface area contributed by atoms with E-state index in [9.17, 15) is 13.2 Å². The summed E-state index contributed by atoms with van der Waals surface area (Å²) in [6.45, 7) is -0.0685. The quantitative estimate of drug-likeness (QED) is 0.739. The third-order valence-electron chi connectivity index (χ3n) is 1.78. The Morgan fingerprint density at radius 2 is 1.88 bits per heavy atom. The molecule has 6 heteroatoms. The molecule has 5 nitrogen and oxygen atoms in total. The summed E-state index contributed by atoms with van der Waals surface area (Å²) in [5.41, 5.74) is 5.78. The maximum absolute atomic E-state index is 11.3. The zero-order valence-corrected chi connectivity index (χ0v) is 9.44. The molecule has 0 atom stereocenters. The van der Waals surface area contributed by atoms with Gasteiger partial charge in [0.2, 0.25) is 0 Å². The molecule has 2 N–H and O–H groups in total. The molecule has 16 heavy (non-hydrogen) atoms. The average molecular weight is 243 g/mol. The zero-order valence-electron chi connectivity index (χ0n) is 8.63. The summed E-state index contributed by atoms with van der Waals surface area (Å²) in [6, 6.07) is 8.77. The van der Waals surface area contributed by atoms with Gasteiger partial charge in [0.1, 0.15) is 0 Å². The number of benzene rings is 1. The SMILES string of the molecule is NCCS(=O)(=O)OC(=O)Cc1ccccc1. The summed E-state index contributed by atoms with van der Waals surface area (Å²) in [6.07, 6.45) is -0.0648. The van der Waals surface area contributed by atoms with Crippen LogP contribution in [0.2, 0.25) is 0 Å². The molecule has 0 aliphatic rings. The number of carbonyl (C=O) groups is 1. The van der Waals surface area contributed by atoms with Crippen LogP contribution in [0.3, 0.4) is 0 Å². The van der Waals surface area contributed by atoms with Gasteiger partial charge >= 0.3 is 16.1 Å². The lowest BCUT2D eigenvalue weighted by molar-refractivity contribution is -0.133. The van der Waals surface area contributed by atoms with Crippen LogP contribution in [0.15, 0.2) is 30.3 Å². The average Bonchev–Trinajstić information content (AvgIpc) is 2.17. The molecule has 0 unspecified atom stereocenters. The van der Waals surface area contributed by atoms with Crippen LogP contribution in [0.1, 0.15) is 5.56 Å². The summed E-state index contributed by atoms with van der Waals surface area (Å²) in [7, 11) is -3.83. The Morgan fingerprint density at radius 3 is 2.44 bits per heavy atom. The highest BCUT2D eigenvalue weighted by molar-refractivity contribution is 7.87. The first-order chi connectivity index (χ1) is 7.53. The molecule has 0 bridgehead atoms. The van der Waals surface area contributed by atoms with Gasteiger partial charge in [0.05, 0.1) is 12.2 Å². The fourth-order valence-corrected chi connectivity index (χ4v) is 1.83. The minimum atomic E-state index is -3.83. The summed E-state index contributed by atoms with van der Waals surface area (Å²) in [5.74, 6) is -1.15. The molecule has 0 saturated heterocycles. The molecule has 0 heterocycles. The molecule has 1 aromatic carbocycles. The smallest absolute Gasteiger partial charge is 0.326 e. The molecular weight excluding hydrogens is 230 g/mol. The van der Waals surface area contributed by atoms with Crippen molar-refractivity contribution in [1.82, 2.24) is 0 Å². The van der Waals surface area contributed by atoms with Crippen LogP contribution in [0, 0.1) is 0 Å². The van der Waals surface area contributed by atoms with Crippen molar-refractivity contribution < 1.29 is 17.4 Å². The van der Waals surface area contributed by atoms with Crippen molar-refractivity contribution in [2.45, 2.75) is 6.42 Å². The van der Waals surface area contributed by atoms with Gasteiger partial charge in [-0.3, -0.25) is 4.79 Å². The van der Waals surface area contributed by atoms with Crippen LogP contribution >= 0.6 is 0 Å². The van der Waals surface area contributed by atoms with Crippen molar-refractivity contribution in [2.24, 2.45) is 5.73 Å². The van der Waals surface area contributed by atoms with E-state index in [1.807, 2.05) is 0 Å². The molecular formula is C10H13NO4S. The van der Waals surface area contributed by atoms with Crippen molar-refractivity contribution in [2.75, 3.05) is 12.3 Å². The van der Waals surface area contributed by atoms with E-state index in [2.05, 4.69) is 4.18 Å². The number of carbonyl (C=O) groups excluding carboxylic acids is 1. The lowest BCUT2D eigenvalue weighted by atomic mass is 10.2. The molecule has 0 saturated carbocycles. The van der Waals surface area contributed by atoms with E-state index in [1.165, 1.54) is 0 Å². The topological polar surface area (TPSA) is 86.5 Å². The van der Waals surface area contributed by atoms with Crippen molar-refractivity contribution in [1.29, 1.82) is 0 Å². The van der Waals surface area contributed by atoms with Crippen LogP contribution in [-0.2, 0) is 25.5 Å². The number of hydrogen-bond donors (Lipinski definition) is 1. The van der Waals surface area contributed by atoms with Crippen molar-refractivity contribution >= 4 is 16.1 Å². The Balaban J connectivity index is 2.55. The third-order valence-corrected chi connectivity index (χ3v) is 2.95. The van der Waals surface area contributed by atoms with Gasteiger partial charge in [0, 0.05) is 6.54 Å². The molecule has 88 valence electrons. The van der Waals surface area contributed by atoms with E-state index in [1.54, 1.807) is 30.3 Å². The minimum absolute atomic E-state index is 0.0648. The fourth-order valence-electron chi connectivity index (χ4n) is 1.12. The van der Waals surface area contributed by atoms with Gasteiger partial charge in [-0.1, -0.05) is 30.3 Å². The Kier molecular flexibility index (Phi) is 4.45. The van der Waals surface area contributed by atoms with Gasteiger partial charge in [-0.05, 0) is 5.56 Å². The van der Waals surface area contributed by atoms with Crippen LogP contribution in [0.25, 0.3) is 0 Å². The summed E-state index contributed by atoms with van der Waals surface area (Å²) in [5, 5.41) is 0. The third kappa shape index (κ3) is 4.41. The molecule has 0 radical (unpaired) electrons. The molecule has 1 aromatic rings. The molecule has 0 fully saturated rings. The van der Waals surface area contributed by atoms with Crippen LogP contribution in [0.4, 0.5) is 0 Å². The Bertz CT molecular complexity index is 441. The van der Waals surface area contributed by atoms with E-state index < -0.39 is 16.1 Å². The van der Waals surface area contributed by atoms with Gasteiger partial charge < -0.3 is 9.92 Å². The van der Waals surface area contributed by atoms with Crippen LogP contribution in [-0.4, -0.2) is 26.7 Å². The van der Waals surface area contributed by atoms with Gasteiger partial charge in [0.15, 0.2) is 0 Å². The number of hydrogen-bond acceptors (Lipinski definition) is 5. The largest absolute Gasteiger partial charge is 0.345 e. The Morgan fingerprint density at radius 1 is 1.25 bits per heavy atom. The van der Waals surface area contributed by atoms with E-state index in [0.29, 0.717) is 5.56 Å². The van der Waals surface area contributed by atoms with E-state index in [0.717, 1.165) is 0 Å². The predicted octanol–water partition coefficient (Wildman–Crippen LogP) is 0.0608. The highest BCUT2D eigenvalue weighted by Crippen LogP contribution is 2.03. The fraction of sp³-hybridized carbons (Fsp3) is 0.300. The lowest BCUT2D eigenvalue weighted by Gasteiger charge is -2.04. The zero-order chi connectivity index (χ0) is 12.0. The highest BCUT2D eigenvalue weighted by Gasteiger charge is 2.16. The normalized spacial score (nSPS) is 11.1. The summed E-state index contributed by atoms with van der Waals surface area (Å²) < 4.78 is 26.6. The van der Waals surface area contributed by atoms with E-state index in [-0.39, 0.29) is 18.7 Å². The highest BCUT2D eigenvalue weighted by atomic mass is 32.2. The summed E-state index contributed by atoms with van der Waals surface area (Å²) in [4.78, 5) is 11.3. The first-order valence-corrected chi connectivity index (χ1v) is 6.30. The molecule has 0 aromatic heterocycles. The van der Waals surface area contributed by atoms with Crippen LogP contribution < -0.4 is 5.73 Å². The summed E-state index contributed by atoms with van der Waals surface area (Å²) >= 11 is 0. The minimum Gasteiger partial charge on any atom is -0.345 e. The monoisotopic (exact) mass is 243 g/mol. The van der Waals surface area contributed by atoms with Crippen molar-refractivity contribution in [3.63, 3.8) is 0 Å². The van der Waals surface area contributed by atoms with E-state index in [4.69, 9.17) is 5.73 Å².